The van der Waals surface area contributed by atoms with Crippen molar-refractivity contribution in [3.63, 3.8) is 0 Å². The average molecular weight is 791 g/mol. The number of ether oxygens (including phenoxy) is 4. The van der Waals surface area contributed by atoms with Gasteiger partial charge in [-0.3, -0.25) is 33.1 Å². The molecule has 0 aliphatic carbocycles. The minimum Gasteiger partial charge on any atom is -0.465 e. The van der Waals surface area contributed by atoms with Gasteiger partial charge in [-0.05, 0) is 81.8 Å². The second-order valence-electron chi connectivity index (χ2n) is 14.3. The number of nitrogens with two attached hydrogens (primary N) is 2. The van der Waals surface area contributed by atoms with E-state index in [0.717, 1.165) is 33.0 Å². The van der Waals surface area contributed by atoms with Crippen LogP contribution in [0, 0.1) is 19.3 Å². The van der Waals surface area contributed by atoms with E-state index < -0.39 is 41.8 Å². The minimum absolute atomic E-state index is 0.196. The van der Waals surface area contributed by atoms with E-state index in [1.165, 1.54) is 9.13 Å². The van der Waals surface area contributed by atoms with E-state index >= 15 is 0 Å². The highest BCUT2D eigenvalue weighted by atomic mass is 16.7. The number of hydrogen-bond acceptors (Lipinski definition) is 10. The maximum atomic E-state index is 12.7. The molecular weight excluding hydrogens is 745 g/mol. The molecule has 14 nitrogen and oxygen atoms in total. The van der Waals surface area contributed by atoms with Gasteiger partial charge in [0.2, 0.25) is 6.79 Å². The molecule has 302 valence electrons. The lowest BCUT2D eigenvalue weighted by Crippen LogP contribution is -2.29. The molecule has 2 amide bonds. The molecule has 0 saturated carbocycles. The van der Waals surface area contributed by atoms with Crippen molar-refractivity contribution in [1.82, 2.24) is 9.13 Å². The summed E-state index contributed by atoms with van der Waals surface area (Å²) >= 11 is 0. The molecule has 4 aromatic carbocycles. The van der Waals surface area contributed by atoms with Gasteiger partial charge in [0.05, 0.1) is 16.4 Å². The third kappa shape index (κ3) is 9.42. The number of benzene rings is 4. The molecule has 2 aromatic heterocycles. The number of nitrogens with zero attached hydrogens (tertiary/aromatic N) is 2. The quantitative estimate of drug-likeness (QED) is 0.0645. The SMILES string of the molecule is Cc1c(Cc2ccccc2)c2cccc(OCOC(=O)C(C)(C)C)c2n1C(=O)C(N)=O.Cc1c(Cc2ccccc2)c2cccc(OCOCO)c2n1C(=O)C(N)=O. The topological polar surface area (TPSA) is 204 Å². The number of esters is 1. The number of para-hydroxylation sites is 2. The number of rotatable bonds is 11. The van der Waals surface area contributed by atoms with Crippen molar-refractivity contribution in [2.45, 2.75) is 47.5 Å². The van der Waals surface area contributed by atoms with Gasteiger partial charge in [-0.1, -0.05) is 84.9 Å². The number of primary amides is 2. The molecule has 14 heteroatoms. The first kappa shape index (κ1) is 42.4. The fourth-order valence-corrected chi connectivity index (χ4v) is 6.50. The fraction of sp³-hybridized carbons (Fsp3) is 0.250. The van der Waals surface area contributed by atoms with Crippen molar-refractivity contribution >= 4 is 51.4 Å². The summed E-state index contributed by atoms with van der Waals surface area (Å²) in [6, 6.07) is 30.2. The van der Waals surface area contributed by atoms with Crippen LogP contribution in [0.25, 0.3) is 21.8 Å². The Morgan fingerprint density at radius 1 is 0.603 bits per heavy atom. The second-order valence-corrected chi connectivity index (χ2v) is 14.3. The Kier molecular flexibility index (Phi) is 13.5. The number of hydrogen-bond donors (Lipinski definition) is 3. The predicted molar refractivity (Wildman–Crippen MR) is 216 cm³/mol. The predicted octanol–water partition coefficient (Wildman–Crippen LogP) is 5.56. The molecule has 0 unspecified atom stereocenters. The molecule has 5 N–H and O–H groups in total. The summed E-state index contributed by atoms with van der Waals surface area (Å²) in [5, 5.41) is 10.3. The molecule has 6 aromatic rings. The van der Waals surface area contributed by atoms with Crippen LogP contribution in [-0.2, 0) is 36.7 Å². The Morgan fingerprint density at radius 3 is 1.40 bits per heavy atom. The number of carbonyl (C=O) groups excluding carboxylic acids is 5. The van der Waals surface area contributed by atoms with Crippen LogP contribution >= 0.6 is 0 Å². The van der Waals surface area contributed by atoms with E-state index in [-0.39, 0.29) is 13.6 Å². The number of carbonyl (C=O) groups is 5. The first-order chi connectivity index (χ1) is 27.6. The fourth-order valence-electron chi connectivity index (χ4n) is 6.50. The normalized spacial score (nSPS) is 11.1. The van der Waals surface area contributed by atoms with E-state index in [2.05, 4.69) is 0 Å². The molecule has 0 aliphatic rings. The molecular formula is C44H46N4O10. The molecule has 0 bridgehead atoms. The summed E-state index contributed by atoms with van der Waals surface area (Å²) < 4.78 is 23.8. The Balaban J connectivity index is 0.000000223. The first-order valence-electron chi connectivity index (χ1n) is 18.3. The molecule has 0 fully saturated rings. The molecule has 2 heterocycles. The first-order valence-corrected chi connectivity index (χ1v) is 18.3. The van der Waals surface area contributed by atoms with E-state index in [9.17, 15) is 24.0 Å². The maximum absolute atomic E-state index is 12.7. The van der Waals surface area contributed by atoms with Gasteiger partial charge in [-0.25, -0.2) is 0 Å². The van der Waals surface area contributed by atoms with Crippen LogP contribution in [0.15, 0.2) is 97.1 Å². The molecule has 0 aliphatic heterocycles. The van der Waals surface area contributed by atoms with Crippen LogP contribution in [0.2, 0.25) is 0 Å². The molecule has 6 rings (SSSR count). The zero-order chi connectivity index (χ0) is 42.1. The molecule has 58 heavy (non-hydrogen) atoms. The zero-order valence-electron chi connectivity index (χ0n) is 32.9. The second kappa shape index (κ2) is 18.4. The Labute approximate surface area is 334 Å². The van der Waals surface area contributed by atoms with Gasteiger partial charge in [0.25, 0.3) is 0 Å². The van der Waals surface area contributed by atoms with Gasteiger partial charge < -0.3 is 35.5 Å². The highest BCUT2D eigenvalue weighted by Crippen LogP contribution is 2.36. The van der Waals surface area contributed by atoms with E-state index in [4.69, 9.17) is 35.5 Å². The largest absolute Gasteiger partial charge is 0.465 e. The molecule has 0 radical (unpaired) electrons. The Morgan fingerprint density at radius 2 is 1.02 bits per heavy atom. The highest BCUT2D eigenvalue weighted by molar-refractivity contribution is 6.37. The van der Waals surface area contributed by atoms with Gasteiger partial charge >= 0.3 is 29.6 Å². The molecule has 0 spiro atoms. The van der Waals surface area contributed by atoms with Crippen molar-refractivity contribution < 1.29 is 48.0 Å². The van der Waals surface area contributed by atoms with Gasteiger partial charge in [-0.15, -0.1) is 0 Å². The van der Waals surface area contributed by atoms with Gasteiger partial charge in [-0.2, -0.15) is 0 Å². The molecule has 0 saturated heterocycles. The summed E-state index contributed by atoms with van der Waals surface area (Å²) in [5.74, 6) is -3.55. The Hall–Kier alpha value is -6.77. The number of fused-ring (bicyclic) bond motifs is 2. The summed E-state index contributed by atoms with van der Waals surface area (Å²) in [4.78, 5) is 60.5. The maximum Gasteiger partial charge on any atom is 0.320 e. The van der Waals surface area contributed by atoms with Gasteiger partial charge in [0, 0.05) is 22.2 Å². The van der Waals surface area contributed by atoms with E-state index in [1.54, 1.807) is 58.9 Å². The summed E-state index contributed by atoms with van der Waals surface area (Å²) in [6.45, 7) is 7.76. The Bertz CT molecular complexity index is 2460. The van der Waals surface area contributed by atoms with Crippen LogP contribution in [0.4, 0.5) is 0 Å². The molecule has 0 atom stereocenters. The lowest BCUT2D eigenvalue weighted by atomic mass is 9.98. The monoisotopic (exact) mass is 790 g/mol. The van der Waals surface area contributed by atoms with Crippen LogP contribution in [0.3, 0.4) is 0 Å². The van der Waals surface area contributed by atoms with Gasteiger partial charge in [0.15, 0.2) is 6.79 Å². The summed E-state index contributed by atoms with van der Waals surface area (Å²) in [6.07, 6.45) is 1.14. The lowest BCUT2D eigenvalue weighted by molar-refractivity contribution is -0.159. The number of aromatic nitrogens is 2. The van der Waals surface area contributed by atoms with Crippen LogP contribution < -0.4 is 20.9 Å². The lowest BCUT2D eigenvalue weighted by Gasteiger charge is -2.17. The smallest absolute Gasteiger partial charge is 0.320 e. The van der Waals surface area contributed by atoms with Crippen molar-refractivity contribution in [1.29, 1.82) is 0 Å². The number of aliphatic hydroxyl groups excluding tert-OH is 1. The highest BCUT2D eigenvalue weighted by Gasteiger charge is 2.27. The third-order valence-corrected chi connectivity index (χ3v) is 9.32. The third-order valence-electron chi connectivity index (χ3n) is 9.32. The summed E-state index contributed by atoms with van der Waals surface area (Å²) in [5.41, 5.74) is 15.9. The van der Waals surface area contributed by atoms with E-state index in [0.29, 0.717) is 46.8 Å². The average Bonchev–Trinajstić information content (AvgIpc) is 3.64. The van der Waals surface area contributed by atoms with Crippen molar-refractivity contribution in [3.8, 4) is 11.5 Å². The standard InChI is InChI=1S/C24H26N2O5.C20H20N2O5/c1-15-18(13-16-9-6-5-7-10-16)17-11-8-12-19(20(17)26(15)22(28)21(25)27)30-14-31-23(29)24(2,3)4;1-13-16(10-14-6-3-2-4-7-14)15-8-5-9-17(27-12-26-11-23)18(15)22(13)20(25)19(21)24/h5-12H,13-14H2,1-4H3,(H2,25,27);2-9,23H,10-12H2,1H3,(H2,21,24). The van der Waals surface area contributed by atoms with Crippen LogP contribution in [-0.4, -0.2) is 64.2 Å². The van der Waals surface area contributed by atoms with Crippen LogP contribution in [0.5, 0.6) is 11.5 Å². The van der Waals surface area contributed by atoms with Crippen molar-refractivity contribution in [2.24, 2.45) is 16.9 Å². The number of aliphatic hydroxyl groups is 1. The zero-order valence-corrected chi connectivity index (χ0v) is 32.9. The summed E-state index contributed by atoms with van der Waals surface area (Å²) in [7, 11) is 0. The minimum atomic E-state index is -1.07. The van der Waals surface area contributed by atoms with Crippen molar-refractivity contribution in [2.75, 3.05) is 20.4 Å². The van der Waals surface area contributed by atoms with E-state index in [1.807, 2.05) is 72.8 Å². The van der Waals surface area contributed by atoms with Crippen molar-refractivity contribution in [3.05, 3.63) is 131 Å². The van der Waals surface area contributed by atoms with Gasteiger partial charge in [0.1, 0.15) is 18.3 Å². The van der Waals surface area contributed by atoms with Crippen LogP contribution in [0.1, 0.15) is 64.0 Å². The number of amides is 2.